The van der Waals surface area contributed by atoms with Gasteiger partial charge in [-0.25, -0.2) is 0 Å². The van der Waals surface area contributed by atoms with Crippen LogP contribution in [0.4, 0.5) is 0 Å². The van der Waals surface area contributed by atoms with Gasteiger partial charge in [0.2, 0.25) is 0 Å². The summed E-state index contributed by atoms with van der Waals surface area (Å²) in [6.07, 6.45) is -0.725. The Morgan fingerprint density at radius 3 is 2.64 bits per heavy atom. The number of benzene rings is 2. The summed E-state index contributed by atoms with van der Waals surface area (Å²) < 4.78 is 11.7. The molecule has 1 aromatic heterocycles. The van der Waals surface area contributed by atoms with E-state index in [9.17, 15) is 5.11 Å². The number of hydrogen-bond acceptors (Lipinski definition) is 5. The fraction of sp³-hybridized carbons (Fsp3) is 0.217. The molecule has 0 amide bonds. The van der Waals surface area contributed by atoms with Gasteiger partial charge in [0, 0.05) is 25.8 Å². The lowest BCUT2D eigenvalue weighted by Crippen LogP contribution is -2.37. The number of aliphatic hydroxyl groups is 1. The average molecular weight is 411 g/mol. The highest BCUT2D eigenvalue weighted by Gasteiger charge is 2.39. The molecule has 1 aliphatic heterocycles. The molecule has 0 saturated heterocycles. The van der Waals surface area contributed by atoms with Gasteiger partial charge in [-0.2, -0.15) is 0 Å². The minimum atomic E-state index is -0.725. The van der Waals surface area contributed by atoms with Crippen molar-refractivity contribution in [2.45, 2.75) is 30.4 Å². The lowest BCUT2D eigenvalue weighted by molar-refractivity contribution is 0.100. The third-order valence-electron chi connectivity index (χ3n) is 4.74. The van der Waals surface area contributed by atoms with Crippen molar-refractivity contribution in [2.75, 3.05) is 7.11 Å². The van der Waals surface area contributed by atoms with Crippen LogP contribution in [0.1, 0.15) is 30.4 Å². The fourth-order valence-corrected chi connectivity index (χ4v) is 5.45. The number of thioether (sulfide) groups is 1. The van der Waals surface area contributed by atoms with Gasteiger partial charge in [-0.15, -0.1) is 11.3 Å². The number of rotatable bonds is 5. The molecule has 1 N–H and O–H groups in total. The zero-order valence-corrected chi connectivity index (χ0v) is 17.6. The predicted octanol–water partition coefficient (Wildman–Crippen LogP) is 6.16. The number of thiophene rings is 1. The van der Waals surface area contributed by atoms with Gasteiger partial charge in [-0.3, -0.25) is 0 Å². The third-order valence-corrected chi connectivity index (χ3v) is 6.80. The van der Waals surface area contributed by atoms with Crippen molar-refractivity contribution >= 4 is 28.0 Å². The molecule has 5 heteroatoms. The molecule has 1 atom stereocenters. The Morgan fingerprint density at radius 1 is 1.07 bits per heavy atom. The zero-order valence-electron chi connectivity index (χ0n) is 16.0. The Hall–Kier alpha value is -2.21. The van der Waals surface area contributed by atoms with Crippen molar-refractivity contribution in [1.29, 1.82) is 0 Å². The molecule has 0 fully saturated rings. The van der Waals surface area contributed by atoms with E-state index in [0.717, 1.165) is 37.3 Å². The second-order valence-corrected chi connectivity index (χ2v) is 9.11. The normalized spacial score (nSPS) is 16.3. The van der Waals surface area contributed by atoms with Gasteiger partial charge in [0.15, 0.2) is 0 Å². The Morgan fingerprint density at radius 2 is 1.89 bits per heavy atom. The summed E-state index contributed by atoms with van der Waals surface area (Å²) in [6, 6.07) is 19.9. The van der Waals surface area contributed by atoms with E-state index in [1.54, 1.807) is 30.2 Å². The van der Waals surface area contributed by atoms with Crippen LogP contribution in [0.2, 0.25) is 0 Å². The van der Waals surface area contributed by atoms with Crippen LogP contribution in [0.15, 0.2) is 76.5 Å². The van der Waals surface area contributed by atoms with E-state index < -0.39 is 11.7 Å². The number of ether oxygens (including phenoxy) is 2. The van der Waals surface area contributed by atoms with E-state index in [1.165, 1.54) is 0 Å². The predicted molar refractivity (Wildman–Crippen MR) is 116 cm³/mol. The molecule has 2 heterocycles. The molecule has 144 valence electrons. The lowest BCUT2D eigenvalue weighted by Gasteiger charge is -2.38. The molecule has 1 unspecified atom stereocenters. The van der Waals surface area contributed by atoms with Crippen molar-refractivity contribution < 1.29 is 14.6 Å². The summed E-state index contributed by atoms with van der Waals surface area (Å²) in [6.45, 7) is 4.03. The largest absolute Gasteiger partial charge is 0.497 e. The van der Waals surface area contributed by atoms with Crippen LogP contribution in [0.3, 0.4) is 0 Å². The maximum Gasteiger partial charge on any atom is 0.129 e. The number of aliphatic hydroxyl groups excluding tert-OH is 1. The monoisotopic (exact) mass is 410 g/mol. The van der Waals surface area contributed by atoms with Crippen LogP contribution in [0.5, 0.6) is 11.5 Å². The lowest BCUT2D eigenvalue weighted by atomic mass is 9.87. The summed E-state index contributed by atoms with van der Waals surface area (Å²) in [4.78, 5) is 2.99. The van der Waals surface area contributed by atoms with E-state index >= 15 is 0 Å². The quantitative estimate of drug-likeness (QED) is 0.546. The van der Waals surface area contributed by atoms with Crippen LogP contribution in [0.25, 0.3) is 4.91 Å². The highest BCUT2D eigenvalue weighted by atomic mass is 32.2. The second-order valence-electron chi connectivity index (χ2n) is 7.05. The van der Waals surface area contributed by atoms with Gasteiger partial charge in [0.25, 0.3) is 0 Å². The van der Waals surface area contributed by atoms with Crippen molar-refractivity contribution in [3.05, 3.63) is 82.1 Å². The van der Waals surface area contributed by atoms with Crippen LogP contribution < -0.4 is 9.47 Å². The Bertz CT molecular complexity index is 1010. The van der Waals surface area contributed by atoms with Gasteiger partial charge >= 0.3 is 0 Å². The summed E-state index contributed by atoms with van der Waals surface area (Å²) >= 11 is 3.19. The minimum absolute atomic E-state index is 0.640. The van der Waals surface area contributed by atoms with E-state index in [1.807, 2.05) is 73.8 Å². The highest BCUT2D eigenvalue weighted by molar-refractivity contribution is 8.08. The second kappa shape index (κ2) is 7.66. The van der Waals surface area contributed by atoms with Gasteiger partial charge in [0.1, 0.15) is 23.2 Å². The highest BCUT2D eigenvalue weighted by Crippen LogP contribution is 2.52. The number of para-hydroxylation sites is 1. The molecule has 1 aliphatic rings. The summed E-state index contributed by atoms with van der Waals surface area (Å²) in [5.41, 5.74) is 1.24. The summed E-state index contributed by atoms with van der Waals surface area (Å²) in [5, 5.41) is 13.3. The molecule has 2 aromatic carbocycles. The molecule has 0 saturated carbocycles. The molecule has 3 aromatic rings. The van der Waals surface area contributed by atoms with Crippen LogP contribution in [0, 0.1) is 0 Å². The summed E-state index contributed by atoms with van der Waals surface area (Å²) in [5.74, 6) is 1.64. The molecular formula is C23H22O3S2. The first-order valence-corrected chi connectivity index (χ1v) is 10.8. The van der Waals surface area contributed by atoms with E-state index in [4.69, 9.17) is 9.47 Å². The molecule has 3 nitrogen and oxygen atoms in total. The molecule has 0 spiro atoms. The first-order valence-electron chi connectivity index (χ1n) is 9.06. The first kappa shape index (κ1) is 19.1. The van der Waals surface area contributed by atoms with Crippen LogP contribution in [-0.2, 0) is 0 Å². The smallest absolute Gasteiger partial charge is 0.129 e. The number of hydrogen-bond donors (Lipinski definition) is 1. The standard InChI is InChI=1S/C23H22O3S2/c1-23(2)20(21(24)19-12-7-13-27-19)22(17-10-4-5-11-18(17)26-23)28-16-9-6-8-15(14-16)25-3/h4-14,21,24H,1-3H3. The van der Waals surface area contributed by atoms with Crippen LogP contribution >= 0.6 is 23.1 Å². The molecular weight excluding hydrogens is 388 g/mol. The van der Waals surface area contributed by atoms with Crippen molar-refractivity contribution in [2.24, 2.45) is 0 Å². The molecule has 0 bridgehead atoms. The molecule has 28 heavy (non-hydrogen) atoms. The van der Waals surface area contributed by atoms with Gasteiger partial charge in [-0.1, -0.05) is 42.1 Å². The van der Waals surface area contributed by atoms with Gasteiger partial charge < -0.3 is 14.6 Å². The van der Waals surface area contributed by atoms with Crippen LogP contribution in [-0.4, -0.2) is 17.8 Å². The number of fused-ring (bicyclic) bond motifs is 1. The topological polar surface area (TPSA) is 38.7 Å². The molecule has 0 radical (unpaired) electrons. The van der Waals surface area contributed by atoms with Crippen molar-refractivity contribution in [3.8, 4) is 11.5 Å². The van der Waals surface area contributed by atoms with E-state index in [2.05, 4.69) is 6.07 Å². The summed E-state index contributed by atoms with van der Waals surface area (Å²) in [7, 11) is 1.67. The zero-order chi connectivity index (χ0) is 19.7. The first-order chi connectivity index (χ1) is 13.5. The van der Waals surface area contributed by atoms with Gasteiger partial charge in [0.05, 0.1) is 7.11 Å². The SMILES string of the molecule is COc1cccc(SC2=C(C(O)c3cccs3)C(C)(C)Oc3ccccc32)c1. The fourth-order valence-electron chi connectivity index (χ4n) is 3.43. The number of methoxy groups -OCH3 is 1. The molecule has 0 aliphatic carbocycles. The minimum Gasteiger partial charge on any atom is -0.497 e. The van der Waals surface area contributed by atoms with Gasteiger partial charge in [-0.05, 0) is 49.6 Å². The average Bonchev–Trinajstić information content (AvgIpc) is 3.22. The van der Waals surface area contributed by atoms with E-state index in [0.29, 0.717) is 0 Å². The Labute approximate surface area is 173 Å². The maximum atomic E-state index is 11.3. The third kappa shape index (κ3) is 3.58. The maximum absolute atomic E-state index is 11.3. The Balaban J connectivity index is 1.89. The van der Waals surface area contributed by atoms with Crippen molar-refractivity contribution in [3.63, 3.8) is 0 Å². The Kier molecular flexibility index (Phi) is 5.23. The van der Waals surface area contributed by atoms with Crippen molar-refractivity contribution in [1.82, 2.24) is 0 Å². The van der Waals surface area contributed by atoms with E-state index in [-0.39, 0.29) is 0 Å². The molecule has 4 rings (SSSR count).